The van der Waals surface area contributed by atoms with Gasteiger partial charge >= 0.3 is 11.9 Å². The molecule has 0 spiro atoms. The number of nitrogens with one attached hydrogen (secondary N) is 2. The molecule has 21 heavy (non-hydrogen) atoms. The Morgan fingerprint density at radius 2 is 1.95 bits per heavy atom. The largest absolute Gasteiger partial charge is 0.480 e. The molecule has 120 valence electrons. The monoisotopic (exact) mass is 300 g/mol. The fourth-order valence-corrected chi connectivity index (χ4v) is 2.19. The highest BCUT2D eigenvalue weighted by molar-refractivity contribution is 5.88. The van der Waals surface area contributed by atoms with Crippen LogP contribution in [0.1, 0.15) is 34.1 Å². The molecule has 0 aliphatic carbocycles. The second-order valence-electron chi connectivity index (χ2n) is 6.43. The number of amides is 1. The molecular formula is C14H24N2O5. The Bertz CT molecular complexity index is 416. The predicted octanol–water partition coefficient (Wildman–Crippen LogP) is 0.143. The average molecular weight is 300 g/mol. The first-order chi connectivity index (χ1) is 9.60. The number of ether oxygens (including phenoxy) is 1. The van der Waals surface area contributed by atoms with E-state index in [1.165, 1.54) is 0 Å². The molecule has 3 N–H and O–H groups in total. The van der Waals surface area contributed by atoms with Gasteiger partial charge in [-0.1, -0.05) is 6.92 Å². The number of carbonyl (C=O) groups excluding carboxylic acids is 2. The topological polar surface area (TPSA) is 105 Å². The second-order valence-corrected chi connectivity index (χ2v) is 6.43. The third-order valence-electron chi connectivity index (χ3n) is 3.26. The molecule has 1 rings (SSSR count). The standard InChI is InChI=1S/C14H24N2O5/c1-8-6-15-7-9(8)12(18)16-10(13(19)20)5-11(17)21-14(2,3)4/h8-10,15H,5-7H2,1-4H3,(H,16,18)(H,19,20)/t8?,9?,10-/m0/s1. The number of carboxylic acids is 1. The van der Waals surface area contributed by atoms with E-state index in [0.29, 0.717) is 6.54 Å². The molecule has 0 aromatic heterocycles. The van der Waals surface area contributed by atoms with Crippen LogP contribution in [0.2, 0.25) is 0 Å². The Labute approximate surface area is 124 Å². The van der Waals surface area contributed by atoms with Gasteiger partial charge in [0.2, 0.25) is 5.91 Å². The zero-order chi connectivity index (χ0) is 16.2. The van der Waals surface area contributed by atoms with Gasteiger partial charge in [0, 0.05) is 6.54 Å². The van der Waals surface area contributed by atoms with Crippen molar-refractivity contribution in [1.29, 1.82) is 0 Å². The van der Waals surface area contributed by atoms with Crippen LogP contribution in [0, 0.1) is 11.8 Å². The van der Waals surface area contributed by atoms with Crippen molar-refractivity contribution in [3.8, 4) is 0 Å². The van der Waals surface area contributed by atoms with Gasteiger partial charge in [-0.15, -0.1) is 0 Å². The Balaban J connectivity index is 2.59. The SMILES string of the molecule is CC1CNCC1C(=O)N[C@@H](CC(=O)OC(C)(C)C)C(=O)O. The molecule has 1 heterocycles. The summed E-state index contributed by atoms with van der Waals surface area (Å²) in [6, 6.07) is -1.26. The number of carbonyl (C=O) groups is 3. The summed E-state index contributed by atoms with van der Waals surface area (Å²) < 4.78 is 5.08. The summed E-state index contributed by atoms with van der Waals surface area (Å²) in [4.78, 5) is 35.0. The summed E-state index contributed by atoms with van der Waals surface area (Å²) in [5.74, 6) is -2.37. The van der Waals surface area contributed by atoms with Crippen molar-refractivity contribution in [3.05, 3.63) is 0 Å². The van der Waals surface area contributed by atoms with Gasteiger partial charge in [0.05, 0.1) is 12.3 Å². The van der Waals surface area contributed by atoms with Crippen LogP contribution in [-0.4, -0.2) is 47.7 Å². The number of hydrogen-bond donors (Lipinski definition) is 3. The summed E-state index contributed by atoms with van der Waals surface area (Å²) >= 11 is 0. The Morgan fingerprint density at radius 1 is 1.33 bits per heavy atom. The molecule has 0 saturated carbocycles. The van der Waals surface area contributed by atoms with E-state index in [4.69, 9.17) is 9.84 Å². The lowest BCUT2D eigenvalue weighted by Gasteiger charge is -2.22. The predicted molar refractivity (Wildman–Crippen MR) is 75.6 cm³/mol. The minimum atomic E-state index is -1.26. The van der Waals surface area contributed by atoms with Crippen LogP contribution >= 0.6 is 0 Å². The van der Waals surface area contributed by atoms with E-state index in [-0.39, 0.29) is 24.2 Å². The number of esters is 1. The normalized spacial score (nSPS) is 23.4. The summed E-state index contributed by atoms with van der Waals surface area (Å²) in [6.45, 7) is 8.27. The molecule has 1 aliphatic heterocycles. The molecule has 0 bridgehead atoms. The van der Waals surface area contributed by atoms with Gasteiger partial charge in [0.15, 0.2) is 0 Å². The van der Waals surface area contributed by atoms with Crippen LogP contribution in [0.15, 0.2) is 0 Å². The van der Waals surface area contributed by atoms with E-state index in [0.717, 1.165) is 6.54 Å². The fourth-order valence-electron chi connectivity index (χ4n) is 2.19. The van der Waals surface area contributed by atoms with E-state index in [9.17, 15) is 14.4 Å². The van der Waals surface area contributed by atoms with Crippen LogP contribution < -0.4 is 10.6 Å². The maximum absolute atomic E-state index is 12.1. The lowest BCUT2D eigenvalue weighted by molar-refractivity contribution is -0.158. The highest BCUT2D eigenvalue weighted by Crippen LogP contribution is 2.16. The van der Waals surface area contributed by atoms with Crippen LogP contribution in [-0.2, 0) is 19.1 Å². The molecule has 1 saturated heterocycles. The molecule has 1 aliphatic rings. The molecular weight excluding hydrogens is 276 g/mol. The molecule has 2 unspecified atom stereocenters. The Kier molecular flexibility index (Phi) is 5.71. The fraction of sp³-hybridized carbons (Fsp3) is 0.786. The van der Waals surface area contributed by atoms with Crippen molar-refractivity contribution >= 4 is 17.8 Å². The minimum absolute atomic E-state index is 0.140. The van der Waals surface area contributed by atoms with Crippen molar-refractivity contribution in [2.45, 2.75) is 45.8 Å². The van der Waals surface area contributed by atoms with E-state index in [2.05, 4.69) is 10.6 Å². The van der Waals surface area contributed by atoms with Crippen LogP contribution in [0.5, 0.6) is 0 Å². The van der Waals surface area contributed by atoms with Crippen LogP contribution in [0.3, 0.4) is 0 Å². The van der Waals surface area contributed by atoms with Crippen LogP contribution in [0.25, 0.3) is 0 Å². The quantitative estimate of drug-likeness (QED) is 0.624. The molecule has 7 nitrogen and oxygen atoms in total. The molecule has 1 amide bonds. The number of hydrogen-bond acceptors (Lipinski definition) is 5. The first-order valence-corrected chi connectivity index (χ1v) is 7.06. The summed E-state index contributed by atoms with van der Waals surface area (Å²) in [5.41, 5.74) is -0.686. The molecule has 3 atom stereocenters. The first-order valence-electron chi connectivity index (χ1n) is 7.06. The van der Waals surface area contributed by atoms with Crippen molar-refractivity contribution in [3.63, 3.8) is 0 Å². The van der Waals surface area contributed by atoms with E-state index in [1.807, 2.05) is 6.92 Å². The molecule has 0 radical (unpaired) electrons. The van der Waals surface area contributed by atoms with E-state index in [1.54, 1.807) is 20.8 Å². The Morgan fingerprint density at radius 3 is 2.38 bits per heavy atom. The van der Waals surface area contributed by atoms with Crippen molar-refractivity contribution in [2.75, 3.05) is 13.1 Å². The van der Waals surface area contributed by atoms with Gasteiger partial charge < -0.3 is 20.5 Å². The zero-order valence-electron chi connectivity index (χ0n) is 12.9. The van der Waals surface area contributed by atoms with E-state index < -0.39 is 23.6 Å². The minimum Gasteiger partial charge on any atom is -0.480 e. The highest BCUT2D eigenvalue weighted by atomic mass is 16.6. The maximum Gasteiger partial charge on any atom is 0.326 e. The third-order valence-corrected chi connectivity index (χ3v) is 3.26. The van der Waals surface area contributed by atoms with Gasteiger partial charge in [0.1, 0.15) is 11.6 Å². The van der Waals surface area contributed by atoms with Crippen molar-refractivity contribution in [2.24, 2.45) is 11.8 Å². The van der Waals surface area contributed by atoms with Crippen molar-refractivity contribution < 1.29 is 24.2 Å². The Hall–Kier alpha value is -1.63. The number of aliphatic carboxylic acids is 1. The molecule has 0 aromatic carbocycles. The van der Waals surface area contributed by atoms with E-state index >= 15 is 0 Å². The second kappa shape index (κ2) is 6.89. The first kappa shape index (κ1) is 17.4. The van der Waals surface area contributed by atoms with Gasteiger partial charge in [-0.3, -0.25) is 9.59 Å². The zero-order valence-corrected chi connectivity index (χ0v) is 12.9. The van der Waals surface area contributed by atoms with Crippen molar-refractivity contribution in [1.82, 2.24) is 10.6 Å². The van der Waals surface area contributed by atoms with Gasteiger partial charge in [0.25, 0.3) is 0 Å². The average Bonchev–Trinajstić information content (AvgIpc) is 2.71. The lowest BCUT2D eigenvalue weighted by atomic mass is 9.97. The number of carboxylic acid groups (broad SMARTS) is 1. The highest BCUT2D eigenvalue weighted by Gasteiger charge is 2.33. The molecule has 7 heteroatoms. The summed E-state index contributed by atoms with van der Waals surface area (Å²) in [7, 11) is 0. The smallest absolute Gasteiger partial charge is 0.326 e. The van der Waals surface area contributed by atoms with Gasteiger partial charge in [-0.2, -0.15) is 0 Å². The molecule has 0 aromatic rings. The summed E-state index contributed by atoms with van der Waals surface area (Å²) in [6.07, 6.45) is -0.382. The number of rotatable bonds is 5. The maximum atomic E-state index is 12.1. The van der Waals surface area contributed by atoms with Crippen LogP contribution in [0.4, 0.5) is 0 Å². The third kappa shape index (κ3) is 5.71. The van der Waals surface area contributed by atoms with Gasteiger partial charge in [-0.05, 0) is 33.2 Å². The summed E-state index contributed by atoms with van der Waals surface area (Å²) in [5, 5.41) is 14.6. The molecule has 1 fully saturated rings. The van der Waals surface area contributed by atoms with Gasteiger partial charge in [-0.25, -0.2) is 4.79 Å². The lowest BCUT2D eigenvalue weighted by Crippen LogP contribution is -2.46.